The molecule has 1 amide bonds. The monoisotopic (exact) mass is 297 g/mol. The van der Waals surface area contributed by atoms with E-state index >= 15 is 0 Å². The zero-order valence-electron chi connectivity index (χ0n) is 13.5. The summed E-state index contributed by atoms with van der Waals surface area (Å²) < 4.78 is 5.71. The lowest BCUT2D eigenvalue weighted by molar-refractivity contribution is -0.133. The number of likely N-dealkylation sites (N-methyl/N-ethyl adjacent to an activating group) is 1. The van der Waals surface area contributed by atoms with Crippen molar-refractivity contribution in [1.29, 1.82) is 0 Å². The van der Waals surface area contributed by atoms with E-state index in [0.717, 1.165) is 16.9 Å². The molecule has 0 saturated heterocycles. The average molecular weight is 297 g/mol. The third-order valence-corrected chi connectivity index (χ3v) is 3.86. The number of carbonyl (C=O) groups excluding carboxylic acids is 1. The molecule has 0 aliphatic rings. The Balaban J connectivity index is 1.96. The van der Waals surface area contributed by atoms with Crippen LogP contribution in [-0.4, -0.2) is 24.0 Å². The maximum absolute atomic E-state index is 12.3. The lowest BCUT2D eigenvalue weighted by Crippen LogP contribution is -2.34. The van der Waals surface area contributed by atoms with Gasteiger partial charge in [-0.3, -0.25) is 4.79 Å². The van der Waals surface area contributed by atoms with Crippen molar-refractivity contribution in [2.45, 2.75) is 27.3 Å². The van der Waals surface area contributed by atoms with Gasteiger partial charge in [0, 0.05) is 13.1 Å². The highest BCUT2D eigenvalue weighted by Crippen LogP contribution is 2.20. The van der Waals surface area contributed by atoms with Gasteiger partial charge in [-0.15, -0.1) is 0 Å². The van der Waals surface area contributed by atoms with Crippen LogP contribution in [0.3, 0.4) is 0 Å². The number of amides is 1. The van der Waals surface area contributed by atoms with E-state index in [-0.39, 0.29) is 12.5 Å². The summed E-state index contributed by atoms with van der Waals surface area (Å²) in [5.41, 5.74) is 3.38. The van der Waals surface area contributed by atoms with E-state index in [4.69, 9.17) is 4.74 Å². The van der Waals surface area contributed by atoms with Crippen molar-refractivity contribution in [1.82, 2.24) is 4.90 Å². The SMILES string of the molecule is CCN(Cc1ccccc1)C(=O)COc1cccc(C)c1C. The molecule has 2 aromatic carbocycles. The smallest absolute Gasteiger partial charge is 0.260 e. The van der Waals surface area contributed by atoms with Crippen molar-refractivity contribution in [3.8, 4) is 5.75 Å². The van der Waals surface area contributed by atoms with Crippen LogP contribution < -0.4 is 4.74 Å². The predicted molar refractivity (Wildman–Crippen MR) is 88.9 cm³/mol. The summed E-state index contributed by atoms with van der Waals surface area (Å²) in [7, 11) is 0. The molecule has 0 atom stereocenters. The van der Waals surface area contributed by atoms with E-state index in [0.29, 0.717) is 13.1 Å². The Hall–Kier alpha value is -2.29. The van der Waals surface area contributed by atoms with Gasteiger partial charge in [-0.1, -0.05) is 42.5 Å². The Morgan fingerprint density at radius 1 is 1.05 bits per heavy atom. The molecule has 0 aliphatic carbocycles. The zero-order chi connectivity index (χ0) is 15.9. The Labute approximate surface area is 132 Å². The molecule has 0 N–H and O–H groups in total. The minimum atomic E-state index is 0.00672. The molecule has 0 unspecified atom stereocenters. The molecular formula is C19H23NO2. The Bertz CT molecular complexity index is 623. The largest absolute Gasteiger partial charge is 0.483 e. The molecule has 116 valence electrons. The number of ether oxygens (including phenoxy) is 1. The summed E-state index contributed by atoms with van der Waals surface area (Å²) in [6.07, 6.45) is 0. The van der Waals surface area contributed by atoms with Crippen molar-refractivity contribution in [3.63, 3.8) is 0 Å². The first-order chi connectivity index (χ1) is 10.6. The van der Waals surface area contributed by atoms with Gasteiger partial charge in [0.1, 0.15) is 5.75 Å². The minimum Gasteiger partial charge on any atom is -0.483 e. The van der Waals surface area contributed by atoms with Gasteiger partial charge in [0.2, 0.25) is 0 Å². The van der Waals surface area contributed by atoms with Gasteiger partial charge >= 0.3 is 0 Å². The minimum absolute atomic E-state index is 0.00672. The normalized spacial score (nSPS) is 10.3. The third-order valence-electron chi connectivity index (χ3n) is 3.86. The van der Waals surface area contributed by atoms with Gasteiger partial charge in [-0.25, -0.2) is 0 Å². The molecule has 2 rings (SSSR count). The van der Waals surface area contributed by atoms with Crippen LogP contribution in [0.2, 0.25) is 0 Å². The van der Waals surface area contributed by atoms with Gasteiger partial charge in [-0.2, -0.15) is 0 Å². The standard InChI is InChI=1S/C19H23NO2/c1-4-20(13-17-10-6-5-7-11-17)19(21)14-22-18-12-8-9-15(2)16(18)3/h5-12H,4,13-14H2,1-3H3. The van der Waals surface area contributed by atoms with Gasteiger partial charge in [-0.05, 0) is 43.5 Å². The third kappa shape index (κ3) is 4.10. The second-order valence-electron chi connectivity index (χ2n) is 5.38. The molecule has 0 radical (unpaired) electrons. The number of aryl methyl sites for hydroxylation is 1. The molecule has 0 aliphatic heterocycles. The van der Waals surface area contributed by atoms with Crippen LogP contribution in [0.25, 0.3) is 0 Å². The maximum atomic E-state index is 12.3. The Kier molecular flexibility index (Phi) is 5.59. The highest BCUT2D eigenvalue weighted by atomic mass is 16.5. The first-order valence-electron chi connectivity index (χ1n) is 7.62. The van der Waals surface area contributed by atoms with E-state index in [1.165, 1.54) is 5.56 Å². The average Bonchev–Trinajstić information content (AvgIpc) is 2.54. The summed E-state index contributed by atoms with van der Waals surface area (Å²) in [6, 6.07) is 15.9. The van der Waals surface area contributed by atoms with Gasteiger partial charge in [0.25, 0.3) is 5.91 Å². The van der Waals surface area contributed by atoms with Crippen molar-refractivity contribution in [2.75, 3.05) is 13.2 Å². The summed E-state index contributed by atoms with van der Waals surface area (Å²) in [5.74, 6) is 0.788. The van der Waals surface area contributed by atoms with Crippen LogP contribution in [0.1, 0.15) is 23.6 Å². The second kappa shape index (κ2) is 7.64. The lowest BCUT2D eigenvalue weighted by atomic mass is 10.1. The van der Waals surface area contributed by atoms with Gasteiger partial charge in [0.05, 0.1) is 0 Å². The zero-order valence-corrected chi connectivity index (χ0v) is 13.5. The van der Waals surface area contributed by atoms with Crippen LogP contribution in [0.15, 0.2) is 48.5 Å². The summed E-state index contributed by atoms with van der Waals surface area (Å²) in [5, 5.41) is 0. The summed E-state index contributed by atoms with van der Waals surface area (Å²) >= 11 is 0. The second-order valence-corrected chi connectivity index (χ2v) is 5.38. The van der Waals surface area contributed by atoms with Crippen molar-refractivity contribution < 1.29 is 9.53 Å². The predicted octanol–water partition coefficient (Wildman–Crippen LogP) is 3.73. The van der Waals surface area contributed by atoms with Crippen LogP contribution >= 0.6 is 0 Å². The Morgan fingerprint density at radius 2 is 1.77 bits per heavy atom. The molecule has 0 bridgehead atoms. The quantitative estimate of drug-likeness (QED) is 0.813. The highest BCUT2D eigenvalue weighted by molar-refractivity contribution is 5.77. The number of hydrogen-bond acceptors (Lipinski definition) is 2. The van der Waals surface area contributed by atoms with E-state index in [9.17, 15) is 4.79 Å². The first kappa shape index (κ1) is 16.1. The molecular weight excluding hydrogens is 274 g/mol. The number of benzene rings is 2. The summed E-state index contributed by atoms with van der Waals surface area (Å²) in [6.45, 7) is 7.40. The van der Waals surface area contributed by atoms with E-state index in [2.05, 4.69) is 0 Å². The van der Waals surface area contributed by atoms with Crippen LogP contribution in [0.5, 0.6) is 5.75 Å². The lowest BCUT2D eigenvalue weighted by Gasteiger charge is -2.21. The Morgan fingerprint density at radius 3 is 2.45 bits per heavy atom. The number of hydrogen-bond donors (Lipinski definition) is 0. The molecule has 0 aromatic heterocycles. The number of rotatable bonds is 6. The van der Waals surface area contributed by atoms with Crippen molar-refractivity contribution in [2.24, 2.45) is 0 Å². The molecule has 22 heavy (non-hydrogen) atoms. The molecule has 3 nitrogen and oxygen atoms in total. The summed E-state index contributed by atoms with van der Waals surface area (Å²) in [4.78, 5) is 14.2. The molecule has 0 heterocycles. The fourth-order valence-electron chi connectivity index (χ4n) is 2.29. The van der Waals surface area contributed by atoms with Crippen LogP contribution in [0, 0.1) is 13.8 Å². The molecule has 0 spiro atoms. The molecule has 3 heteroatoms. The fourth-order valence-corrected chi connectivity index (χ4v) is 2.29. The topological polar surface area (TPSA) is 29.5 Å². The molecule has 0 fully saturated rings. The molecule has 0 saturated carbocycles. The van der Waals surface area contributed by atoms with E-state index < -0.39 is 0 Å². The van der Waals surface area contributed by atoms with Gasteiger partial charge in [0.15, 0.2) is 6.61 Å². The molecule has 2 aromatic rings. The van der Waals surface area contributed by atoms with E-state index in [1.807, 2.05) is 69.3 Å². The fraction of sp³-hybridized carbons (Fsp3) is 0.316. The van der Waals surface area contributed by atoms with Gasteiger partial charge < -0.3 is 9.64 Å². The highest BCUT2D eigenvalue weighted by Gasteiger charge is 2.13. The van der Waals surface area contributed by atoms with Crippen molar-refractivity contribution in [3.05, 3.63) is 65.2 Å². The van der Waals surface area contributed by atoms with Crippen LogP contribution in [0.4, 0.5) is 0 Å². The van der Waals surface area contributed by atoms with E-state index in [1.54, 1.807) is 4.90 Å². The number of nitrogens with zero attached hydrogens (tertiary/aromatic N) is 1. The van der Waals surface area contributed by atoms with Crippen LogP contribution in [-0.2, 0) is 11.3 Å². The first-order valence-corrected chi connectivity index (χ1v) is 7.62. The van der Waals surface area contributed by atoms with Crippen molar-refractivity contribution >= 4 is 5.91 Å². The number of carbonyl (C=O) groups is 1. The maximum Gasteiger partial charge on any atom is 0.260 e.